The quantitative estimate of drug-likeness (QED) is 0.406. The van der Waals surface area contributed by atoms with E-state index in [1.807, 2.05) is 78.9 Å². The van der Waals surface area contributed by atoms with Gasteiger partial charge in [0.1, 0.15) is 12.4 Å². The second-order valence-corrected chi connectivity index (χ2v) is 8.34. The Morgan fingerprint density at radius 3 is 2.50 bits per heavy atom. The summed E-state index contributed by atoms with van der Waals surface area (Å²) in [6.45, 7) is 0.519. The summed E-state index contributed by atoms with van der Waals surface area (Å²) in [5, 5.41) is 2.91. The van der Waals surface area contributed by atoms with Crippen LogP contribution in [0.25, 0.3) is 10.2 Å². The number of aromatic nitrogens is 1. The van der Waals surface area contributed by atoms with Gasteiger partial charge in [-0.15, -0.1) is 11.3 Å². The lowest BCUT2D eigenvalue weighted by Crippen LogP contribution is -2.13. The van der Waals surface area contributed by atoms with Crippen molar-refractivity contribution in [2.45, 2.75) is 10.9 Å². The smallest absolute Gasteiger partial charge is 0.234 e. The predicted octanol–water partition coefficient (Wildman–Crippen LogP) is 5.61. The van der Waals surface area contributed by atoms with Gasteiger partial charge in [-0.3, -0.25) is 4.79 Å². The number of carbonyl (C=O) groups is 1. The van der Waals surface area contributed by atoms with Crippen LogP contribution in [0.2, 0.25) is 0 Å². The number of nitrogens with zero attached hydrogens (tertiary/aromatic N) is 1. The fraction of sp³-hybridized carbons (Fsp3) is 0.0909. The highest BCUT2D eigenvalue weighted by molar-refractivity contribution is 8.01. The van der Waals surface area contributed by atoms with E-state index in [9.17, 15) is 4.79 Å². The Morgan fingerprint density at radius 2 is 1.71 bits per heavy atom. The highest BCUT2D eigenvalue weighted by atomic mass is 32.2. The van der Waals surface area contributed by atoms with E-state index in [0.29, 0.717) is 12.4 Å². The predicted molar refractivity (Wildman–Crippen MR) is 116 cm³/mol. The molecule has 1 amide bonds. The summed E-state index contributed by atoms with van der Waals surface area (Å²) in [7, 11) is 0. The number of nitrogens with one attached hydrogen (secondary N) is 1. The van der Waals surface area contributed by atoms with Gasteiger partial charge >= 0.3 is 0 Å². The molecule has 0 spiro atoms. The van der Waals surface area contributed by atoms with Crippen LogP contribution in [0.1, 0.15) is 5.56 Å². The number of para-hydroxylation sites is 1. The molecule has 0 saturated heterocycles. The minimum absolute atomic E-state index is 0.0535. The number of thiazole rings is 1. The summed E-state index contributed by atoms with van der Waals surface area (Å²) in [5.74, 6) is 1.04. The van der Waals surface area contributed by atoms with Crippen molar-refractivity contribution in [2.24, 2.45) is 0 Å². The van der Waals surface area contributed by atoms with E-state index in [1.165, 1.54) is 11.8 Å². The Labute approximate surface area is 171 Å². The molecular weight excluding hydrogens is 388 g/mol. The van der Waals surface area contributed by atoms with Crippen LogP contribution in [-0.2, 0) is 11.4 Å². The number of rotatable bonds is 7. The molecule has 0 atom stereocenters. The fourth-order valence-electron chi connectivity index (χ4n) is 2.61. The van der Waals surface area contributed by atoms with Crippen LogP contribution < -0.4 is 10.1 Å². The van der Waals surface area contributed by atoms with Crippen molar-refractivity contribution in [1.29, 1.82) is 0 Å². The Bertz CT molecular complexity index is 1030. The highest BCUT2D eigenvalue weighted by Gasteiger charge is 2.08. The molecule has 3 aromatic carbocycles. The lowest BCUT2D eigenvalue weighted by molar-refractivity contribution is -0.113. The van der Waals surface area contributed by atoms with E-state index in [2.05, 4.69) is 10.3 Å². The number of anilines is 1. The number of ether oxygens (including phenoxy) is 1. The molecular formula is C22H18N2O2S2. The van der Waals surface area contributed by atoms with Gasteiger partial charge in [0, 0.05) is 5.69 Å². The van der Waals surface area contributed by atoms with Crippen molar-refractivity contribution in [3.05, 3.63) is 84.4 Å². The fourth-order valence-corrected chi connectivity index (χ4v) is 4.48. The molecule has 0 radical (unpaired) electrons. The number of carbonyl (C=O) groups excluding carboxylic acids is 1. The van der Waals surface area contributed by atoms with Gasteiger partial charge in [0.25, 0.3) is 0 Å². The van der Waals surface area contributed by atoms with E-state index < -0.39 is 0 Å². The minimum Gasteiger partial charge on any atom is -0.489 e. The monoisotopic (exact) mass is 406 g/mol. The molecule has 0 aliphatic heterocycles. The minimum atomic E-state index is -0.0535. The molecule has 4 rings (SSSR count). The summed E-state index contributed by atoms with van der Waals surface area (Å²) in [6, 6.07) is 25.4. The van der Waals surface area contributed by atoms with E-state index in [0.717, 1.165) is 31.6 Å². The molecule has 0 fully saturated rings. The van der Waals surface area contributed by atoms with Crippen molar-refractivity contribution in [1.82, 2.24) is 4.98 Å². The van der Waals surface area contributed by atoms with E-state index in [1.54, 1.807) is 11.3 Å². The number of hydrogen-bond acceptors (Lipinski definition) is 5. The zero-order valence-electron chi connectivity index (χ0n) is 15.0. The first-order valence-electron chi connectivity index (χ1n) is 8.81. The second-order valence-electron chi connectivity index (χ2n) is 6.08. The Balaban J connectivity index is 1.27. The summed E-state index contributed by atoms with van der Waals surface area (Å²) < 4.78 is 7.80. The van der Waals surface area contributed by atoms with E-state index in [4.69, 9.17) is 4.74 Å². The number of fused-ring (bicyclic) bond motifs is 1. The largest absolute Gasteiger partial charge is 0.489 e. The maximum atomic E-state index is 12.2. The lowest BCUT2D eigenvalue weighted by atomic mass is 10.2. The summed E-state index contributed by atoms with van der Waals surface area (Å²) in [6.07, 6.45) is 0. The van der Waals surface area contributed by atoms with Crippen LogP contribution in [0.5, 0.6) is 5.75 Å². The van der Waals surface area contributed by atoms with Crippen molar-refractivity contribution in [3.8, 4) is 5.75 Å². The number of amides is 1. The highest BCUT2D eigenvalue weighted by Crippen LogP contribution is 2.29. The van der Waals surface area contributed by atoms with Crippen LogP contribution in [0.15, 0.2) is 83.2 Å². The van der Waals surface area contributed by atoms with Crippen LogP contribution in [0.3, 0.4) is 0 Å². The average molecular weight is 407 g/mol. The lowest BCUT2D eigenvalue weighted by Gasteiger charge is -2.08. The molecule has 140 valence electrons. The number of hydrogen-bond donors (Lipinski definition) is 1. The van der Waals surface area contributed by atoms with Crippen molar-refractivity contribution in [3.63, 3.8) is 0 Å². The van der Waals surface area contributed by atoms with Crippen LogP contribution >= 0.6 is 23.1 Å². The Morgan fingerprint density at radius 1 is 0.964 bits per heavy atom. The standard InChI is InChI=1S/C22H18N2O2S2/c25-21(15-27-22-24-19-8-4-5-9-20(19)28-22)23-17-10-12-18(13-11-17)26-14-16-6-2-1-3-7-16/h1-13H,14-15H2,(H,23,25). The van der Waals surface area contributed by atoms with Gasteiger partial charge < -0.3 is 10.1 Å². The van der Waals surface area contributed by atoms with Gasteiger partial charge in [0.15, 0.2) is 4.34 Å². The molecule has 0 unspecified atom stereocenters. The first-order valence-corrected chi connectivity index (χ1v) is 10.6. The SMILES string of the molecule is O=C(CSc1nc2ccccc2s1)Nc1ccc(OCc2ccccc2)cc1. The molecule has 28 heavy (non-hydrogen) atoms. The average Bonchev–Trinajstić information content (AvgIpc) is 3.16. The third-order valence-corrected chi connectivity index (χ3v) is 6.17. The normalized spacial score (nSPS) is 10.7. The first kappa shape index (κ1) is 18.5. The molecule has 0 aliphatic rings. The Kier molecular flexibility index (Phi) is 5.89. The third-order valence-electron chi connectivity index (χ3n) is 3.99. The van der Waals surface area contributed by atoms with E-state index >= 15 is 0 Å². The van der Waals surface area contributed by atoms with Crippen molar-refractivity contribution in [2.75, 3.05) is 11.1 Å². The Hall–Kier alpha value is -2.83. The van der Waals surface area contributed by atoms with E-state index in [-0.39, 0.29) is 5.91 Å². The second kappa shape index (κ2) is 8.91. The number of benzene rings is 3. The van der Waals surface area contributed by atoms with Gasteiger partial charge in [0.05, 0.1) is 16.0 Å². The zero-order valence-corrected chi connectivity index (χ0v) is 16.6. The molecule has 1 aromatic heterocycles. The topological polar surface area (TPSA) is 51.2 Å². The molecule has 6 heteroatoms. The van der Waals surface area contributed by atoms with Crippen molar-refractivity contribution >= 4 is 44.9 Å². The molecule has 1 N–H and O–H groups in total. The maximum absolute atomic E-state index is 12.2. The van der Waals surface area contributed by atoms with Crippen LogP contribution in [-0.4, -0.2) is 16.6 Å². The molecule has 0 aliphatic carbocycles. The van der Waals surface area contributed by atoms with Gasteiger partial charge in [-0.05, 0) is 42.0 Å². The molecule has 0 bridgehead atoms. The molecule has 0 saturated carbocycles. The first-order chi connectivity index (χ1) is 13.8. The van der Waals surface area contributed by atoms with Gasteiger partial charge in [-0.25, -0.2) is 4.98 Å². The van der Waals surface area contributed by atoms with Gasteiger partial charge in [-0.2, -0.15) is 0 Å². The number of thioether (sulfide) groups is 1. The van der Waals surface area contributed by atoms with Crippen LogP contribution in [0.4, 0.5) is 5.69 Å². The summed E-state index contributed by atoms with van der Waals surface area (Å²) in [4.78, 5) is 16.7. The maximum Gasteiger partial charge on any atom is 0.234 e. The van der Waals surface area contributed by atoms with Crippen molar-refractivity contribution < 1.29 is 9.53 Å². The van der Waals surface area contributed by atoms with Crippen LogP contribution in [0, 0.1) is 0 Å². The summed E-state index contributed by atoms with van der Waals surface area (Å²) >= 11 is 3.06. The molecule has 1 heterocycles. The van der Waals surface area contributed by atoms with Gasteiger partial charge in [-0.1, -0.05) is 54.2 Å². The summed E-state index contributed by atoms with van der Waals surface area (Å²) in [5.41, 5.74) is 2.84. The molecule has 4 aromatic rings. The zero-order chi connectivity index (χ0) is 19.2. The van der Waals surface area contributed by atoms with Gasteiger partial charge in [0.2, 0.25) is 5.91 Å². The third kappa shape index (κ3) is 4.91. The molecule has 4 nitrogen and oxygen atoms in total.